The van der Waals surface area contributed by atoms with Crippen molar-refractivity contribution in [1.29, 1.82) is 0 Å². The Morgan fingerprint density at radius 1 is 1.24 bits per heavy atom. The first kappa shape index (κ1) is 12.7. The molecule has 1 aliphatic carbocycles. The Bertz CT molecular complexity index is 436. The molecule has 2 nitrogen and oxygen atoms in total. The van der Waals surface area contributed by atoms with Crippen molar-refractivity contribution in [2.24, 2.45) is 5.73 Å². The number of ether oxygens (including phenoxy) is 1. The second-order valence-corrected chi connectivity index (χ2v) is 5.47. The number of rotatable bonds is 2. The zero-order chi connectivity index (χ0) is 12.6. The molecule has 17 heavy (non-hydrogen) atoms. The van der Waals surface area contributed by atoms with E-state index in [9.17, 15) is 0 Å². The largest absolute Gasteiger partial charge is 0.496 e. The quantitative estimate of drug-likeness (QED) is 0.872. The molecule has 3 heteroatoms. The lowest BCUT2D eigenvalue weighted by atomic mass is 9.86. The molecule has 0 atom stereocenters. The van der Waals surface area contributed by atoms with Gasteiger partial charge in [0.15, 0.2) is 0 Å². The molecular weight excluding hydrogens is 234 g/mol. The maximum atomic E-state index is 6.53. The van der Waals surface area contributed by atoms with E-state index in [1.54, 1.807) is 7.11 Å². The molecule has 0 radical (unpaired) electrons. The van der Waals surface area contributed by atoms with Gasteiger partial charge in [-0.3, -0.25) is 0 Å². The highest BCUT2D eigenvalue weighted by atomic mass is 35.5. The van der Waals surface area contributed by atoms with Crippen LogP contribution in [0.5, 0.6) is 5.75 Å². The van der Waals surface area contributed by atoms with E-state index >= 15 is 0 Å². The monoisotopic (exact) mass is 253 g/mol. The van der Waals surface area contributed by atoms with Crippen molar-refractivity contribution in [2.75, 3.05) is 7.11 Å². The third-order valence-electron chi connectivity index (χ3n) is 3.78. The molecule has 0 aliphatic heterocycles. The first-order valence-electron chi connectivity index (χ1n) is 6.12. The molecule has 1 aromatic rings. The fourth-order valence-electron chi connectivity index (χ4n) is 2.91. The molecular formula is C14H20ClNO. The fourth-order valence-corrected chi connectivity index (χ4v) is 3.24. The maximum absolute atomic E-state index is 6.53. The van der Waals surface area contributed by atoms with Gasteiger partial charge >= 0.3 is 0 Å². The van der Waals surface area contributed by atoms with E-state index < -0.39 is 0 Å². The molecule has 0 spiro atoms. The van der Waals surface area contributed by atoms with Gasteiger partial charge in [0.05, 0.1) is 12.1 Å². The predicted octanol–water partition coefficient (Wildman–Crippen LogP) is 3.69. The van der Waals surface area contributed by atoms with Gasteiger partial charge in [-0.1, -0.05) is 30.5 Å². The fraction of sp³-hybridized carbons (Fsp3) is 0.571. The molecule has 1 aliphatic rings. The summed E-state index contributed by atoms with van der Waals surface area (Å²) < 4.78 is 5.53. The van der Waals surface area contributed by atoms with Crippen LogP contribution < -0.4 is 10.5 Å². The number of methoxy groups -OCH3 is 1. The second-order valence-electron chi connectivity index (χ2n) is 5.10. The van der Waals surface area contributed by atoms with Gasteiger partial charge in [-0.15, -0.1) is 0 Å². The molecule has 1 fully saturated rings. The highest BCUT2D eigenvalue weighted by Crippen LogP contribution is 2.46. The number of hydrogen-bond acceptors (Lipinski definition) is 2. The number of halogens is 1. The lowest BCUT2D eigenvalue weighted by Gasteiger charge is -2.29. The normalized spacial score (nSPS) is 18.4. The number of hydrogen-bond donors (Lipinski definition) is 1. The summed E-state index contributed by atoms with van der Waals surface area (Å²) in [6, 6.07) is 2.06. The lowest BCUT2D eigenvalue weighted by molar-refractivity contribution is 0.376. The number of aryl methyl sites for hydroxylation is 2. The Balaban J connectivity index is 2.65. The second kappa shape index (κ2) is 4.51. The van der Waals surface area contributed by atoms with E-state index in [0.29, 0.717) is 0 Å². The summed E-state index contributed by atoms with van der Waals surface area (Å²) in [4.78, 5) is 0. The Labute approximate surface area is 108 Å². The molecule has 0 bridgehead atoms. The zero-order valence-corrected chi connectivity index (χ0v) is 11.5. The number of benzene rings is 1. The van der Waals surface area contributed by atoms with Crippen LogP contribution in [-0.2, 0) is 5.54 Å². The van der Waals surface area contributed by atoms with Crippen LogP contribution in [0.4, 0.5) is 0 Å². The zero-order valence-electron chi connectivity index (χ0n) is 10.8. The van der Waals surface area contributed by atoms with Crippen LogP contribution in [0.3, 0.4) is 0 Å². The van der Waals surface area contributed by atoms with Crippen LogP contribution in [0, 0.1) is 13.8 Å². The summed E-state index contributed by atoms with van der Waals surface area (Å²) in [6.45, 7) is 4.07. The highest BCUT2D eigenvalue weighted by molar-refractivity contribution is 6.32. The minimum Gasteiger partial charge on any atom is -0.496 e. The molecule has 2 N–H and O–H groups in total. The van der Waals surface area contributed by atoms with E-state index in [0.717, 1.165) is 40.3 Å². The summed E-state index contributed by atoms with van der Waals surface area (Å²) in [7, 11) is 1.69. The average molecular weight is 254 g/mol. The van der Waals surface area contributed by atoms with Crippen LogP contribution in [0.1, 0.15) is 42.4 Å². The Morgan fingerprint density at radius 3 is 2.35 bits per heavy atom. The topological polar surface area (TPSA) is 35.2 Å². The van der Waals surface area contributed by atoms with Gasteiger partial charge in [0.25, 0.3) is 0 Å². The minimum absolute atomic E-state index is 0.306. The number of nitrogens with two attached hydrogens (primary N) is 1. The first-order valence-corrected chi connectivity index (χ1v) is 6.50. The molecule has 0 unspecified atom stereocenters. The summed E-state index contributed by atoms with van der Waals surface area (Å²) in [5.74, 6) is 0.866. The lowest BCUT2D eigenvalue weighted by Crippen LogP contribution is -2.34. The van der Waals surface area contributed by atoms with E-state index in [1.807, 2.05) is 13.8 Å². The average Bonchev–Trinajstić information content (AvgIpc) is 2.71. The molecule has 1 aromatic carbocycles. The minimum atomic E-state index is -0.306. The highest BCUT2D eigenvalue weighted by Gasteiger charge is 2.36. The standard InChI is InChI=1S/C14H20ClNO/c1-9-8-10(2)13(17-3)11(12(9)15)14(16)6-4-5-7-14/h8H,4-7,16H2,1-3H3. The Hall–Kier alpha value is -0.730. The molecule has 94 valence electrons. The van der Waals surface area contributed by atoms with Gasteiger partial charge in [0, 0.05) is 11.1 Å². The van der Waals surface area contributed by atoms with Gasteiger partial charge in [0.2, 0.25) is 0 Å². The molecule has 1 saturated carbocycles. The molecule has 0 saturated heterocycles. The van der Waals surface area contributed by atoms with Crippen molar-refractivity contribution in [2.45, 2.75) is 45.1 Å². The molecule has 0 amide bonds. The molecule has 2 rings (SSSR count). The summed E-state index contributed by atoms with van der Waals surface area (Å²) in [5, 5.41) is 0.775. The van der Waals surface area contributed by atoms with Gasteiger partial charge in [-0.25, -0.2) is 0 Å². The van der Waals surface area contributed by atoms with Crippen molar-refractivity contribution in [3.63, 3.8) is 0 Å². The van der Waals surface area contributed by atoms with E-state index in [4.69, 9.17) is 22.1 Å². The van der Waals surface area contributed by atoms with Crippen molar-refractivity contribution >= 4 is 11.6 Å². The van der Waals surface area contributed by atoms with Crippen LogP contribution in [0.25, 0.3) is 0 Å². The smallest absolute Gasteiger partial charge is 0.128 e. The maximum Gasteiger partial charge on any atom is 0.128 e. The van der Waals surface area contributed by atoms with Gasteiger partial charge in [-0.2, -0.15) is 0 Å². The van der Waals surface area contributed by atoms with Crippen molar-refractivity contribution in [1.82, 2.24) is 0 Å². The van der Waals surface area contributed by atoms with Crippen LogP contribution >= 0.6 is 11.6 Å². The van der Waals surface area contributed by atoms with Crippen molar-refractivity contribution < 1.29 is 4.74 Å². The van der Waals surface area contributed by atoms with E-state index in [1.165, 1.54) is 12.8 Å². The Morgan fingerprint density at radius 2 is 1.82 bits per heavy atom. The summed E-state index contributed by atoms with van der Waals surface area (Å²) in [5.41, 5.74) is 9.43. The van der Waals surface area contributed by atoms with Crippen LogP contribution in [0.15, 0.2) is 6.07 Å². The third-order valence-corrected chi connectivity index (χ3v) is 4.27. The van der Waals surface area contributed by atoms with Crippen LogP contribution in [0.2, 0.25) is 5.02 Å². The van der Waals surface area contributed by atoms with Crippen LogP contribution in [-0.4, -0.2) is 7.11 Å². The summed E-state index contributed by atoms with van der Waals surface area (Å²) in [6.07, 6.45) is 4.32. The van der Waals surface area contributed by atoms with E-state index in [-0.39, 0.29) is 5.54 Å². The predicted molar refractivity (Wildman–Crippen MR) is 71.8 cm³/mol. The molecule has 0 aromatic heterocycles. The third kappa shape index (κ3) is 2.04. The van der Waals surface area contributed by atoms with Gasteiger partial charge < -0.3 is 10.5 Å². The van der Waals surface area contributed by atoms with Gasteiger partial charge in [-0.05, 0) is 37.8 Å². The van der Waals surface area contributed by atoms with Gasteiger partial charge in [0.1, 0.15) is 5.75 Å². The Kier molecular flexibility index (Phi) is 3.37. The van der Waals surface area contributed by atoms with Crippen molar-refractivity contribution in [3.8, 4) is 5.75 Å². The SMILES string of the molecule is COc1c(C)cc(C)c(Cl)c1C1(N)CCCC1. The van der Waals surface area contributed by atoms with Crippen molar-refractivity contribution in [3.05, 3.63) is 27.8 Å². The first-order chi connectivity index (χ1) is 7.99. The summed E-state index contributed by atoms with van der Waals surface area (Å²) >= 11 is 6.46. The molecule has 0 heterocycles. The van der Waals surface area contributed by atoms with E-state index in [2.05, 4.69) is 6.07 Å².